The number of aromatic nitrogens is 4. The minimum atomic E-state index is -0.447. The van der Waals surface area contributed by atoms with Crippen molar-refractivity contribution in [3.8, 4) is 0 Å². The number of nitrogens with one attached hydrogen (secondary N) is 2. The maximum Gasteiger partial charge on any atom is 0.346 e. The summed E-state index contributed by atoms with van der Waals surface area (Å²) in [6, 6.07) is 0. The Labute approximate surface area is 119 Å². The lowest BCUT2D eigenvalue weighted by Gasteiger charge is -2.18. The fourth-order valence-electron chi connectivity index (χ4n) is 1.83. The Balaban J connectivity index is 2.31. The predicted molar refractivity (Wildman–Crippen MR) is 75.8 cm³/mol. The Kier molecular flexibility index (Phi) is 4.23. The van der Waals surface area contributed by atoms with E-state index in [2.05, 4.69) is 19.9 Å². The Bertz CT molecular complexity index is 665. The zero-order valence-electron chi connectivity index (χ0n) is 11.4. The first kappa shape index (κ1) is 14.3. The molecule has 2 N–H and O–H groups in total. The molecule has 0 unspecified atom stereocenters. The second-order valence-electron chi connectivity index (χ2n) is 4.25. The summed E-state index contributed by atoms with van der Waals surface area (Å²) in [4.78, 5) is 38.8. The van der Waals surface area contributed by atoms with Gasteiger partial charge in [0.2, 0.25) is 0 Å². The lowest BCUT2D eigenvalue weighted by atomic mass is 10.2. The number of H-pyrrole nitrogens is 2. The molecule has 0 fully saturated rings. The van der Waals surface area contributed by atoms with E-state index in [0.29, 0.717) is 28.7 Å². The highest BCUT2D eigenvalue weighted by atomic mass is 32.2. The van der Waals surface area contributed by atoms with Crippen molar-refractivity contribution >= 4 is 17.7 Å². The van der Waals surface area contributed by atoms with Gasteiger partial charge in [-0.3, -0.25) is 4.79 Å². The third-order valence-corrected chi connectivity index (χ3v) is 3.46. The summed E-state index contributed by atoms with van der Waals surface area (Å²) >= 11 is 1.28. The molecule has 0 aliphatic carbocycles. The highest BCUT2D eigenvalue weighted by Crippen LogP contribution is 2.20. The van der Waals surface area contributed by atoms with Gasteiger partial charge in [0, 0.05) is 25.1 Å². The first-order valence-electron chi connectivity index (χ1n) is 5.91. The van der Waals surface area contributed by atoms with E-state index in [1.54, 1.807) is 32.6 Å². The fraction of sp³-hybridized carbons (Fsp3) is 0.333. The van der Waals surface area contributed by atoms with E-state index in [9.17, 15) is 9.59 Å². The molecule has 0 saturated heterocycles. The van der Waals surface area contributed by atoms with E-state index in [-0.39, 0.29) is 5.91 Å². The summed E-state index contributed by atoms with van der Waals surface area (Å²) in [5.74, 6) is 0.494. The smallest absolute Gasteiger partial charge is 0.346 e. The molecule has 7 nitrogen and oxygen atoms in total. The molecule has 2 rings (SSSR count). The van der Waals surface area contributed by atoms with Crippen molar-refractivity contribution in [3.63, 3.8) is 0 Å². The maximum atomic E-state index is 12.5. The van der Waals surface area contributed by atoms with Crippen LogP contribution in [0.3, 0.4) is 0 Å². The van der Waals surface area contributed by atoms with Gasteiger partial charge < -0.3 is 14.9 Å². The standard InChI is InChI=1S/C12H15N5O2S/c1-7-9(10(20-3)16-12(19)15-7)11(18)17(2)6-8-13-4-5-14-8/h4-5H,6H2,1-3H3,(H,13,14)(H,15,16,19). The lowest BCUT2D eigenvalue weighted by molar-refractivity contribution is 0.0776. The average Bonchev–Trinajstić information content (AvgIpc) is 2.89. The quantitative estimate of drug-likeness (QED) is 0.642. The molecule has 0 atom stereocenters. The molecular formula is C12H15N5O2S. The zero-order chi connectivity index (χ0) is 14.7. The summed E-state index contributed by atoms with van der Waals surface area (Å²) in [5.41, 5.74) is 0.494. The van der Waals surface area contributed by atoms with E-state index in [1.807, 2.05) is 0 Å². The summed E-state index contributed by atoms with van der Waals surface area (Å²) in [7, 11) is 1.68. The number of nitrogens with zero attached hydrogens (tertiary/aromatic N) is 3. The molecule has 0 bridgehead atoms. The van der Waals surface area contributed by atoms with Crippen LogP contribution in [0.15, 0.2) is 22.2 Å². The number of rotatable bonds is 4. The van der Waals surface area contributed by atoms with E-state index in [4.69, 9.17) is 0 Å². The number of carbonyl (C=O) groups is 1. The third-order valence-electron chi connectivity index (χ3n) is 2.78. The third kappa shape index (κ3) is 2.90. The molecule has 0 aliphatic rings. The number of thioether (sulfide) groups is 1. The summed E-state index contributed by atoms with van der Waals surface area (Å²) < 4.78 is 0. The van der Waals surface area contributed by atoms with Gasteiger partial charge in [0.1, 0.15) is 10.9 Å². The van der Waals surface area contributed by atoms with Crippen LogP contribution in [0.5, 0.6) is 0 Å². The van der Waals surface area contributed by atoms with Crippen LogP contribution in [0.1, 0.15) is 21.9 Å². The number of hydrogen-bond acceptors (Lipinski definition) is 5. The van der Waals surface area contributed by atoms with Gasteiger partial charge in [-0.05, 0) is 13.2 Å². The largest absolute Gasteiger partial charge is 0.347 e. The Hall–Kier alpha value is -2.09. The normalized spacial score (nSPS) is 10.6. The Morgan fingerprint density at radius 3 is 2.85 bits per heavy atom. The molecule has 2 aromatic heterocycles. The van der Waals surface area contributed by atoms with Gasteiger partial charge in [0.15, 0.2) is 0 Å². The molecule has 0 aliphatic heterocycles. The van der Waals surface area contributed by atoms with Crippen LogP contribution in [0, 0.1) is 6.92 Å². The first-order chi connectivity index (χ1) is 9.52. The van der Waals surface area contributed by atoms with Gasteiger partial charge in [-0.1, -0.05) is 0 Å². The van der Waals surface area contributed by atoms with Crippen LogP contribution in [0.4, 0.5) is 0 Å². The van der Waals surface area contributed by atoms with Crippen LogP contribution >= 0.6 is 11.8 Å². The van der Waals surface area contributed by atoms with Gasteiger partial charge >= 0.3 is 5.69 Å². The van der Waals surface area contributed by atoms with Crippen LogP contribution < -0.4 is 5.69 Å². The van der Waals surface area contributed by atoms with Crippen molar-refractivity contribution in [1.29, 1.82) is 0 Å². The number of imidazole rings is 1. The minimum absolute atomic E-state index is 0.202. The molecule has 0 spiro atoms. The SMILES string of the molecule is CSc1nc(=O)[nH]c(C)c1C(=O)N(C)Cc1ncc[nH]1. The maximum absolute atomic E-state index is 12.5. The van der Waals surface area contributed by atoms with Crippen LogP contribution in [0.2, 0.25) is 0 Å². The van der Waals surface area contributed by atoms with Crippen LogP contribution in [0.25, 0.3) is 0 Å². The van der Waals surface area contributed by atoms with E-state index >= 15 is 0 Å². The molecular weight excluding hydrogens is 278 g/mol. The number of aromatic amines is 2. The molecule has 1 amide bonds. The summed E-state index contributed by atoms with van der Waals surface area (Å²) in [6.07, 6.45) is 5.12. The van der Waals surface area contributed by atoms with E-state index in [1.165, 1.54) is 16.7 Å². The monoisotopic (exact) mass is 293 g/mol. The summed E-state index contributed by atoms with van der Waals surface area (Å²) in [6.45, 7) is 2.05. The highest BCUT2D eigenvalue weighted by Gasteiger charge is 2.21. The number of carbonyl (C=O) groups excluding carboxylic acids is 1. The molecule has 20 heavy (non-hydrogen) atoms. The van der Waals surface area contributed by atoms with Gasteiger partial charge in [0.25, 0.3) is 5.91 Å². The van der Waals surface area contributed by atoms with Crippen molar-refractivity contribution in [2.24, 2.45) is 0 Å². The van der Waals surface area contributed by atoms with Crippen LogP contribution in [-0.2, 0) is 6.54 Å². The first-order valence-corrected chi connectivity index (χ1v) is 7.14. The Morgan fingerprint density at radius 1 is 1.50 bits per heavy atom. The molecule has 106 valence electrons. The topological polar surface area (TPSA) is 94.7 Å². The van der Waals surface area contributed by atoms with Crippen molar-refractivity contribution in [1.82, 2.24) is 24.8 Å². The lowest BCUT2D eigenvalue weighted by Crippen LogP contribution is -2.30. The van der Waals surface area contributed by atoms with Gasteiger partial charge in [0.05, 0.1) is 12.1 Å². The van der Waals surface area contributed by atoms with Crippen molar-refractivity contribution < 1.29 is 4.79 Å². The number of aryl methyl sites for hydroxylation is 1. The second-order valence-corrected chi connectivity index (χ2v) is 5.04. The molecule has 2 aromatic rings. The molecule has 8 heteroatoms. The van der Waals surface area contributed by atoms with Crippen molar-refractivity contribution in [2.75, 3.05) is 13.3 Å². The number of amides is 1. The molecule has 0 radical (unpaired) electrons. The van der Waals surface area contributed by atoms with Gasteiger partial charge in [-0.15, -0.1) is 11.8 Å². The van der Waals surface area contributed by atoms with Crippen molar-refractivity contribution in [2.45, 2.75) is 18.5 Å². The highest BCUT2D eigenvalue weighted by molar-refractivity contribution is 7.98. The van der Waals surface area contributed by atoms with Gasteiger partial charge in [-0.25, -0.2) is 9.78 Å². The molecule has 0 saturated carbocycles. The van der Waals surface area contributed by atoms with Crippen molar-refractivity contribution in [3.05, 3.63) is 40.0 Å². The van der Waals surface area contributed by atoms with E-state index < -0.39 is 5.69 Å². The zero-order valence-corrected chi connectivity index (χ0v) is 12.2. The average molecular weight is 293 g/mol. The van der Waals surface area contributed by atoms with E-state index in [0.717, 1.165) is 0 Å². The predicted octanol–water partition coefficient (Wildman–Crippen LogP) is 0.796. The second kappa shape index (κ2) is 5.91. The number of hydrogen-bond donors (Lipinski definition) is 2. The minimum Gasteiger partial charge on any atom is -0.347 e. The molecule has 0 aromatic carbocycles. The van der Waals surface area contributed by atoms with Crippen LogP contribution in [-0.4, -0.2) is 44.0 Å². The Morgan fingerprint density at radius 2 is 2.25 bits per heavy atom. The molecule has 2 heterocycles. The van der Waals surface area contributed by atoms with Gasteiger partial charge in [-0.2, -0.15) is 4.98 Å². The fourth-order valence-corrected chi connectivity index (χ4v) is 2.45. The summed E-state index contributed by atoms with van der Waals surface area (Å²) in [5, 5.41) is 0.433.